The number of rotatable bonds is 4. The van der Waals surface area contributed by atoms with Crippen LogP contribution >= 0.6 is 0 Å². The van der Waals surface area contributed by atoms with Crippen molar-refractivity contribution in [2.75, 3.05) is 6.54 Å². The van der Waals surface area contributed by atoms with Crippen LogP contribution in [0.25, 0.3) is 0 Å². The molecule has 2 fully saturated rings. The first-order chi connectivity index (χ1) is 8.15. The molecule has 0 spiro atoms. The minimum Gasteiger partial charge on any atom is -0.466 e. The Labute approximate surface area is 102 Å². The van der Waals surface area contributed by atoms with Gasteiger partial charge < -0.3 is 14.8 Å². The van der Waals surface area contributed by atoms with Crippen molar-refractivity contribution in [1.82, 2.24) is 5.32 Å². The highest BCUT2D eigenvalue weighted by Gasteiger charge is 2.40. The molecule has 1 aromatic heterocycles. The van der Waals surface area contributed by atoms with Gasteiger partial charge in [-0.15, -0.1) is 0 Å². The molecule has 1 aromatic rings. The maximum Gasteiger partial charge on any atom is 0.136 e. The third-order valence-corrected chi connectivity index (χ3v) is 4.50. The zero-order valence-electron chi connectivity index (χ0n) is 10.4. The molecular weight excluding hydrogens is 214 g/mol. The van der Waals surface area contributed by atoms with E-state index < -0.39 is 5.60 Å². The Morgan fingerprint density at radius 3 is 2.94 bits per heavy atom. The van der Waals surface area contributed by atoms with E-state index in [1.54, 1.807) is 6.26 Å². The molecule has 3 nitrogen and oxygen atoms in total. The summed E-state index contributed by atoms with van der Waals surface area (Å²) in [4.78, 5) is 0. The second kappa shape index (κ2) is 4.14. The van der Waals surface area contributed by atoms with E-state index in [1.165, 1.54) is 25.7 Å². The van der Waals surface area contributed by atoms with Crippen molar-refractivity contribution >= 4 is 0 Å². The molecule has 0 aliphatic heterocycles. The predicted molar refractivity (Wildman–Crippen MR) is 65.5 cm³/mol. The van der Waals surface area contributed by atoms with Gasteiger partial charge in [0.2, 0.25) is 0 Å². The Bertz CT molecular complexity index is 372. The molecule has 4 atom stereocenters. The topological polar surface area (TPSA) is 45.4 Å². The van der Waals surface area contributed by atoms with Crippen LogP contribution in [0.3, 0.4) is 0 Å². The van der Waals surface area contributed by atoms with Crippen molar-refractivity contribution in [2.45, 2.75) is 44.2 Å². The van der Waals surface area contributed by atoms with E-state index in [2.05, 4.69) is 5.32 Å². The summed E-state index contributed by atoms with van der Waals surface area (Å²) in [7, 11) is 0. The van der Waals surface area contributed by atoms with Crippen LogP contribution in [-0.4, -0.2) is 17.7 Å². The van der Waals surface area contributed by atoms with Gasteiger partial charge >= 0.3 is 0 Å². The second-order valence-electron chi connectivity index (χ2n) is 5.91. The lowest BCUT2D eigenvalue weighted by atomic mass is 9.94. The molecule has 94 valence electrons. The predicted octanol–water partition coefficient (Wildman–Crippen LogP) is 2.27. The Morgan fingerprint density at radius 2 is 2.35 bits per heavy atom. The average Bonchev–Trinajstić information content (AvgIpc) is 3.02. The number of fused-ring (bicyclic) bond motifs is 2. The van der Waals surface area contributed by atoms with Gasteiger partial charge in [0.1, 0.15) is 11.4 Å². The van der Waals surface area contributed by atoms with Gasteiger partial charge in [0.25, 0.3) is 0 Å². The molecule has 2 N–H and O–H groups in total. The summed E-state index contributed by atoms with van der Waals surface area (Å²) in [5.41, 5.74) is -0.897. The van der Waals surface area contributed by atoms with Crippen molar-refractivity contribution in [3.05, 3.63) is 24.2 Å². The smallest absolute Gasteiger partial charge is 0.136 e. The summed E-state index contributed by atoms with van der Waals surface area (Å²) in [5.74, 6) is 2.42. The van der Waals surface area contributed by atoms with Crippen LogP contribution < -0.4 is 5.32 Å². The summed E-state index contributed by atoms with van der Waals surface area (Å²) in [6, 6.07) is 4.26. The molecule has 0 radical (unpaired) electrons. The van der Waals surface area contributed by atoms with E-state index in [0.29, 0.717) is 18.3 Å². The summed E-state index contributed by atoms with van der Waals surface area (Å²) in [6.45, 7) is 2.39. The highest BCUT2D eigenvalue weighted by atomic mass is 16.4. The van der Waals surface area contributed by atoms with Crippen LogP contribution in [-0.2, 0) is 5.60 Å². The third-order valence-electron chi connectivity index (χ3n) is 4.50. The quantitative estimate of drug-likeness (QED) is 0.841. The Morgan fingerprint density at radius 1 is 1.47 bits per heavy atom. The van der Waals surface area contributed by atoms with E-state index in [1.807, 2.05) is 19.1 Å². The maximum absolute atomic E-state index is 10.3. The largest absolute Gasteiger partial charge is 0.466 e. The maximum atomic E-state index is 10.3. The van der Waals surface area contributed by atoms with Crippen LogP contribution in [0, 0.1) is 11.8 Å². The Balaban J connectivity index is 1.57. The van der Waals surface area contributed by atoms with Crippen molar-refractivity contribution < 1.29 is 9.52 Å². The summed E-state index contributed by atoms with van der Waals surface area (Å²) in [5, 5.41) is 13.9. The average molecular weight is 235 g/mol. The van der Waals surface area contributed by atoms with Crippen LogP contribution in [0.2, 0.25) is 0 Å². The lowest BCUT2D eigenvalue weighted by Gasteiger charge is -2.28. The van der Waals surface area contributed by atoms with Crippen molar-refractivity contribution in [3.63, 3.8) is 0 Å². The number of aliphatic hydroxyl groups is 1. The summed E-state index contributed by atoms with van der Waals surface area (Å²) < 4.78 is 5.29. The molecule has 4 unspecified atom stereocenters. The zero-order valence-corrected chi connectivity index (χ0v) is 10.4. The van der Waals surface area contributed by atoms with E-state index in [-0.39, 0.29) is 0 Å². The van der Waals surface area contributed by atoms with Gasteiger partial charge in [-0.25, -0.2) is 0 Å². The van der Waals surface area contributed by atoms with Crippen LogP contribution in [0.15, 0.2) is 22.8 Å². The molecule has 2 aliphatic carbocycles. The molecule has 2 bridgehead atoms. The molecule has 3 rings (SSSR count). The first-order valence-electron chi connectivity index (χ1n) is 6.65. The molecule has 0 amide bonds. The Kier molecular flexibility index (Phi) is 2.75. The van der Waals surface area contributed by atoms with Gasteiger partial charge in [0.05, 0.1) is 6.26 Å². The molecular formula is C14H21NO2. The second-order valence-corrected chi connectivity index (χ2v) is 5.91. The monoisotopic (exact) mass is 235 g/mol. The first-order valence-corrected chi connectivity index (χ1v) is 6.65. The van der Waals surface area contributed by atoms with Gasteiger partial charge in [0.15, 0.2) is 0 Å². The lowest BCUT2D eigenvalue weighted by Crippen LogP contribution is -2.42. The van der Waals surface area contributed by atoms with Crippen molar-refractivity contribution in [1.29, 1.82) is 0 Å². The van der Waals surface area contributed by atoms with Gasteiger partial charge in [-0.3, -0.25) is 0 Å². The van der Waals surface area contributed by atoms with E-state index in [4.69, 9.17) is 4.42 Å². The lowest BCUT2D eigenvalue weighted by molar-refractivity contribution is 0.0296. The number of hydrogen-bond donors (Lipinski definition) is 2. The highest BCUT2D eigenvalue weighted by Crippen LogP contribution is 2.44. The van der Waals surface area contributed by atoms with E-state index >= 15 is 0 Å². The minimum absolute atomic E-state index is 0.578. The molecule has 1 heterocycles. The number of furan rings is 1. The number of nitrogens with one attached hydrogen (secondary N) is 1. The fourth-order valence-electron chi connectivity index (χ4n) is 3.50. The first kappa shape index (κ1) is 11.3. The third kappa shape index (κ3) is 2.14. The SMILES string of the molecule is CC(O)(CNC1CC2CCC1C2)c1ccco1. The molecule has 0 aromatic carbocycles. The molecule has 2 aliphatic rings. The van der Waals surface area contributed by atoms with Crippen LogP contribution in [0.5, 0.6) is 0 Å². The van der Waals surface area contributed by atoms with Gasteiger partial charge in [-0.05, 0) is 50.2 Å². The van der Waals surface area contributed by atoms with Gasteiger partial charge in [-0.2, -0.15) is 0 Å². The highest BCUT2D eigenvalue weighted by molar-refractivity contribution is 5.09. The molecule has 17 heavy (non-hydrogen) atoms. The number of hydrogen-bond acceptors (Lipinski definition) is 3. The van der Waals surface area contributed by atoms with E-state index in [9.17, 15) is 5.11 Å². The normalized spacial score (nSPS) is 35.1. The molecule has 0 saturated heterocycles. The fraction of sp³-hybridized carbons (Fsp3) is 0.714. The van der Waals surface area contributed by atoms with Crippen LogP contribution in [0.1, 0.15) is 38.4 Å². The van der Waals surface area contributed by atoms with Gasteiger partial charge in [0, 0.05) is 12.6 Å². The minimum atomic E-state index is -0.897. The zero-order chi connectivity index (χ0) is 11.9. The fourth-order valence-corrected chi connectivity index (χ4v) is 3.50. The summed E-state index contributed by atoms with van der Waals surface area (Å²) in [6.07, 6.45) is 7.07. The standard InChI is InChI=1S/C14H21NO2/c1-14(16,13-3-2-6-17-13)9-15-12-8-10-4-5-11(12)7-10/h2-3,6,10-12,15-16H,4-5,7-9H2,1H3. The van der Waals surface area contributed by atoms with Gasteiger partial charge in [-0.1, -0.05) is 6.42 Å². The van der Waals surface area contributed by atoms with Crippen LogP contribution in [0.4, 0.5) is 0 Å². The Hall–Kier alpha value is -0.800. The summed E-state index contributed by atoms with van der Waals surface area (Å²) >= 11 is 0. The van der Waals surface area contributed by atoms with Crippen molar-refractivity contribution in [2.24, 2.45) is 11.8 Å². The molecule has 2 saturated carbocycles. The van der Waals surface area contributed by atoms with Crippen molar-refractivity contribution in [3.8, 4) is 0 Å². The van der Waals surface area contributed by atoms with E-state index in [0.717, 1.165) is 11.8 Å². The molecule has 3 heteroatoms.